The smallest absolute Gasteiger partial charge is 0.241 e. The van der Waals surface area contributed by atoms with Gasteiger partial charge in [0, 0.05) is 31.1 Å². The van der Waals surface area contributed by atoms with Crippen LogP contribution in [0, 0.1) is 0 Å². The van der Waals surface area contributed by atoms with E-state index in [1.807, 2.05) is 39.0 Å². The van der Waals surface area contributed by atoms with Gasteiger partial charge in [-0.2, -0.15) is 0 Å². The van der Waals surface area contributed by atoms with Crippen molar-refractivity contribution in [3.63, 3.8) is 0 Å². The first-order valence-corrected chi connectivity index (χ1v) is 11.8. The van der Waals surface area contributed by atoms with Crippen molar-refractivity contribution < 1.29 is 8.42 Å². The van der Waals surface area contributed by atoms with Crippen molar-refractivity contribution in [3.8, 4) is 0 Å². The zero-order valence-electron chi connectivity index (χ0n) is 18.2. The van der Waals surface area contributed by atoms with Gasteiger partial charge < -0.3 is 10.6 Å². The van der Waals surface area contributed by atoms with Crippen LogP contribution in [0.1, 0.15) is 44.7 Å². The Kier molecular flexibility index (Phi) is 6.53. The Morgan fingerprint density at radius 1 is 1.00 bits per heavy atom. The molecule has 162 valence electrons. The predicted octanol–water partition coefficient (Wildman–Crippen LogP) is 3.16. The average molecular weight is 429 g/mol. The Morgan fingerprint density at radius 3 is 2.23 bits per heavy atom. The molecule has 1 aliphatic carbocycles. The molecule has 0 bridgehead atoms. The molecular weight excluding hydrogens is 396 g/mol. The molecule has 0 radical (unpaired) electrons. The van der Waals surface area contributed by atoms with Gasteiger partial charge in [-0.15, -0.1) is 0 Å². The zero-order chi connectivity index (χ0) is 21.8. The zero-order valence-corrected chi connectivity index (χ0v) is 19.0. The minimum Gasteiger partial charge on any atom is -0.356 e. The van der Waals surface area contributed by atoms with Crippen LogP contribution in [0.5, 0.6) is 0 Å². The van der Waals surface area contributed by atoms with E-state index < -0.39 is 15.6 Å². The summed E-state index contributed by atoms with van der Waals surface area (Å²) in [6, 6.07) is 17.6. The van der Waals surface area contributed by atoms with Gasteiger partial charge in [-0.1, -0.05) is 48.5 Å². The number of guanidine groups is 1. The molecule has 0 unspecified atom stereocenters. The molecule has 0 aliphatic heterocycles. The largest absolute Gasteiger partial charge is 0.356 e. The van der Waals surface area contributed by atoms with E-state index >= 15 is 0 Å². The number of rotatable bonds is 7. The maximum absolute atomic E-state index is 12.8. The van der Waals surface area contributed by atoms with Crippen molar-refractivity contribution in [1.82, 2.24) is 15.4 Å². The van der Waals surface area contributed by atoms with Gasteiger partial charge in [0.05, 0.1) is 4.90 Å². The Bertz CT molecular complexity index is 991. The minimum atomic E-state index is -3.62. The van der Waals surface area contributed by atoms with Crippen LogP contribution in [0.25, 0.3) is 0 Å². The molecule has 0 heterocycles. The number of nitrogens with zero attached hydrogens (tertiary/aromatic N) is 1. The topological polar surface area (TPSA) is 82.6 Å². The van der Waals surface area contributed by atoms with Crippen LogP contribution in [-0.4, -0.2) is 33.5 Å². The van der Waals surface area contributed by atoms with Crippen LogP contribution in [0.3, 0.4) is 0 Å². The third kappa shape index (κ3) is 5.61. The molecule has 0 amide bonds. The van der Waals surface area contributed by atoms with E-state index in [9.17, 15) is 8.42 Å². The molecular formula is C23H32N4O2S. The summed E-state index contributed by atoms with van der Waals surface area (Å²) in [6.07, 6.45) is 2.31. The molecule has 2 aromatic carbocycles. The van der Waals surface area contributed by atoms with E-state index in [0.29, 0.717) is 18.1 Å². The van der Waals surface area contributed by atoms with Crippen molar-refractivity contribution >= 4 is 16.0 Å². The van der Waals surface area contributed by atoms with E-state index in [1.54, 1.807) is 19.2 Å². The lowest BCUT2D eigenvalue weighted by atomic mass is 9.96. The van der Waals surface area contributed by atoms with E-state index in [2.05, 4.69) is 44.6 Å². The van der Waals surface area contributed by atoms with E-state index in [-0.39, 0.29) is 10.3 Å². The second-order valence-corrected chi connectivity index (χ2v) is 10.5. The molecule has 0 saturated heterocycles. The van der Waals surface area contributed by atoms with Crippen LogP contribution < -0.4 is 15.4 Å². The first-order chi connectivity index (χ1) is 14.2. The lowest BCUT2D eigenvalue weighted by molar-refractivity contribution is 0.491. The fourth-order valence-corrected chi connectivity index (χ4v) is 5.19. The summed E-state index contributed by atoms with van der Waals surface area (Å²) in [6.45, 7) is 6.65. The van der Waals surface area contributed by atoms with Gasteiger partial charge >= 0.3 is 0 Å². The average Bonchev–Trinajstić information content (AvgIpc) is 3.48. The first-order valence-electron chi connectivity index (χ1n) is 10.3. The van der Waals surface area contributed by atoms with Crippen molar-refractivity contribution in [2.45, 2.75) is 56.0 Å². The maximum Gasteiger partial charge on any atom is 0.241 e. The molecule has 1 aliphatic rings. The fourth-order valence-electron chi connectivity index (χ4n) is 3.53. The highest BCUT2D eigenvalue weighted by Crippen LogP contribution is 2.47. The van der Waals surface area contributed by atoms with Gasteiger partial charge in [0.25, 0.3) is 0 Å². The van der Waals surface area contributed by atoms with Gasteiger partial charge in [-0.3, -0.25) is 4.99 Å². The van der Waals surface area contributed by atoms with E-state index in [1.165, 1.54) is 5.56 Å². The summed E-state index contributed by atoms with van der Waals surface area (Å²) in [7, 11) is -1.89. The third-order valence-corrected chi connectivity index (χ3v) is 7.06. The molecule has 1 fully saturated rings. The molecule has 3 rings (SSSR count). The second-order valence-electron chi connectivity index (χ2n) is 8.89. The highest BCUT2D eigenvalue weighted by atomic mass is 32.2. The van der Waals surface area contributed by atoms with Gasteiger partial charge in [0.15, 0.2) is 5.96 Å². The van der Waals surface area contributed by atoms with Crippen LogP contribution in [0.4, 0.5) is 0 Å². The van der Waals surface area contributed by atoms with E-state index in [4.69, 9.17) is 0 Å². The van der Waals surface area contributed by atoms with Crippen molar-refractivity contribution in [2.75, 3.05) is 13.6 Å². The van der Waals surface area contributed by atoms with Crippen molar-refractivity contribution in [2.24, 2.45) is 4.99 Å². The Labute approximate surface area is 180 Å². The Morgan fingerprint density at radius 2 is 1.63 bits per heavy atom. The molecule has 30 heavy (non-hydrogen) atoms. The van der Waals surface area contributed by atoms with Crippen molar-refractivity contribution in [3.05, 3.63) is 65.7 Å². The monoisotopic (exact) mass is 428 g/mol. The number of sulfonamides is 1. The number of hydrogen-bond donors (Lipinski definition) is 3. The number of aliphatic imine (C=N–C) groups is 1. The molecule has 0 atom stereocenters. The lowest BCUT2D eigenvalue weighted by Gasteiger charge is -2.22. The highest BCUT2D eigenvalue weighted by molar-refractivity contribution is 7.89. The van der Waals surface area contributed by atoms with Crippen LogP contribution in [-0.2, 0) is 22.0 Å². The van der Waals surface area contributed by atoms with Crippen LogP contribution in [0.15, 0.2) is 64.5 Å². The molecule has 0 aromatic heterocycles. The Balaban J connectivity index is 1.65. The standard InChI is InChI=1S/C23H32N4O2S/c1-22(2,3)27-30(28,29)20-13-9-8-10-18(20)16-25-21(24-4)26-17-23(14-15-23)19-11-6-5-7-12-19/h5-13,27H,14-17H2,1-4H3,(H2,24,25,26). The third-order valence-electron chi connectivity index (χ3n) is 5.21. The molecule has 1 saturated carbocycles. The van der Waals surface area contributed by atoms with Crippen molar-refractivity contribution in [1.29, 1.82) is 0 Å². The number of hydrogen-bond acceptors (Lipinski definition) is 3. The summed E-state index contributed by atoms with van der Waals surface area (Å²) in [5, 5.41) is 6.67. The quantitative estimate of drug-likeness (QED) is 0.467. The maximum atomic E-state index is 12.8. The minimum absolute atomic E-state index is 0.163. The van der Waals surface area contributed by atoms with Crippen LogP contribution >= 0.6 is 0 Å². The van der Waals surface area contributed by atoms with Crippen LogP contribution in [0.2, 0.25) is 0 Å². The molecule has 6 nitrogen and oxygen atoms in total. The first kappa shape index (κ1) is 22.3. The normalized spacial score (nSPS) is 16.2. The summed E-state index contributed by atoms with van der Waals surface area (Å²) in [4.78, 5) is 4.59. The van der Waals surface area contributed by atoms with Gasteiger partial charge in [0.2, 0.25) is 10.0 Å². The Hall–Kier alpha value is -2.38. The van der Waals surface area contributed by atoms with Gasteiger partial charge in [-0.25, -0.2) is 13.1 Å². The lowest BCUT2D eigenvalue weighted by Crippen LogP contribution is -2.42. The number of nitrogens with one attached hydrogen (secondary N) is 3. The van der Waals surface area contributed by atoms with Gasteiger partial charge in [0.1, 0.15) is 0 Å². The predicted molar refractivity (Wildman–Crippen MR) is 122 cm³/mol. The SMILES string of the molecule is CN=C(NCc1ccccc1S(=O)(=O)NC(C)(C)C)NCC1(c2ccccc2)CC1. The number of benzene rings is 2. The molecule has 7 heteroatoms. The second kappa shape index (κ2) is 8.78. The molecule has 0 spiro atoms. The summed E-state index contributed by atoms with van der Waals surface area (Å²) in [5.74, 6) is 0.660. The van der Waals surface area contributed by atoms with E-state index in [0.717, 1.165) is 19.4 Å². The fraction of sp³-hybridized carbons (Fsp3) is 0.435. The summed E-state index contributed by atoms with van der Waals surface area (Å²) < 4.78 is 28.4. The summed E-state index contributed by atoms with van der Waals surface area (Å²) in [5.41, 5.74) is 1.66. The highest BCUT2D eigenvalue weighted by Gasteiger charge is 2.44. The van der Waals surface area contributed by atoms with Gasteiger partial charge in [-0.05, 0) is 50.8 Å². The molecule has 3 N–H and O–H groups in total. The molecule has 2 aromatic rings. The summed E-state index contributed by atoms with van der Waals surface area (Å²) >= 11 is 0.